The summed E-state index contributed by atoms with van der Waals surface area (Å²) in [6.45, 7) is 5.71. The molecule has 18 heavy (non-hydrogen) atoms. The van der Waals surface area contributed by atoms with Gasteiger partial charge in [-0.15, -0.1) is 0 Å². The molecule has 3 heterocycles. The van der Waals surface area contributed by atoms with Gasteiger partial charge in [0.05, 0.1) is 5.69 Å². The minimum absolute atomic E-state index is 0.128. The summed E-state index contributed by atoms with van der Waals surface area (Å²) in [5, 5.41) is 4.66. The molecule has 0 saturated carbocycles. The summed E-state index contributed by atoms with van der Waals surface area (Å²) in [6.07, 6.45) is 0.956. The first-order valence-corrected chi connectivity index (χ1v) is 6.59. The van der Waals surface area contributed by atoms with E-state index in [1.165, 1.54) is 0 Å². The van der Waals surface area contributed by atoms with E-state index in [1.54, 1.807) is 0 Å². The molecule has 0 aromatic carbocycles. The standard InChI is InChI=1S/C13H20N4O/c1-9-6-16(3)13(18)12-10-8-15(2)5-4-11(10)14-17(12)7-9/h9H,4-8H2,1-3H3. The van der Waals surface area contributed by atoms with Crippen LogP contribution in [-0.2, 0) is 19.5 Å². The van der Waals surface area contributed by atoms with Crippen LogP contribution in [0.3, 0.4) is 0 Å². The molecule has 1 unspecified atom stereocenters. The third-order valence-corrected chi connectivity index (χ3v) is 3.91. The van der Waals surface area contributed by atoms with Crippen LogP contribution in [0.2, 0.25) is 0 Å². The van der Waals surface area contributed by atoms with Crippen LogP contribution in [0.5, 0.6) is 0 Å². The number of likely N-dealkylation sites (N-methyl/N-ethyl adjacent to an activating group) is 1. The fraction of sp³-hybridized carbons (Fsp3) is 0.692. The average molecular weight is 248 g/mol. The van der Waals surface area contributed by atoms with Gasteiger partial charge in [0, 0.05) is 45.2 Å². The Balaban J connectivity index is 2.10. The monoisotopic (exact) mass is 248 g/mol. The topological polar surface area (TPSA) is 41.4 Å². The van der Waals surface area contributed by atoms with Crippen LogP contribution in [0.1, 0.15) is 28.7 Å². The third-order valence-electron chi connectivity index (χ3n) is 3.91. The molecule has 0 saturated heterocycles. The lowest BCUT2D eigenvalue weighted by Crippen LogP contribution is -2.32. The average Bonchev–Trinajstić information content (AvgIpc) is 2.59. The normalized spacial score (nSPS) is 24.7. The highest BCUT2D eigenvalue weighted by Crippen LogP contribution is 2.25. The van der Waals surface area contributed by atoms with E-state index in [4.69, 9.17) is 0 Å². The Morgan fingerprint density at radius 1 is 1.28 bits per heavy atom. The van der Waals surface area contributed by atoms with Crippen molar-refractivity contribution < 1.29 is 4.79 Å². The molecule has 3 rings (SSSR count). The molecule has 2 aliphatic heterocycles. The van der Waals surface area contributed by atoms with Gasteiger partial charge in [-0.25, -0.2) is 0 Å². The maximum atomic E-state index is 12.5. The van der Waals surface area contributed by atoms with Crippen molar-refractivity contribution in [2.45, 2.75) is 26.4 Å². The maximum absolute atomic E-state index is 12.5. The molecule has 0 N–H and O–H groups in total. The quantitative estimate of drug-likeness (QED) is 0.675. The molecule has 0 fully saturated rings. The van der Waals surface area contributed by atoms with Gasteiger partial charge in [0.15, 0.2) is 0 Å². The summed E-state index contributed by atoms with van der Waals surface area (Å²) in [5.74, 6) is 0.586. The number of carbonyl (C=O) groups excluding carboxylic acids is 1. The Hall–Kier alpha value is -1.36. The van der Waals surface area contributed by atoms with E-state index in [1.807, 2.05) is 16.6 Å². The van der Waals surface area contributed by atoms with Gasteiger partial charge in [0.25, 0.3) is 5.91 Å². The lowest BCUT2D eigenvalue weighted by Gasteiger charge is -2.23. The summed E-state index contributed by atoms with van der Waals surface area (Å²) in [5.41, 5.74) is 3.09. The molecule has 0 radical (unpaired) electrons. The molecular weight excluding hydrogens is 228 g/mol. The van der Waals surface area contributed by atoms with Gasteiger partial charge in [-0.3, -0.25) is 9.48 Å². The number of hydrogen-bond acceptors (Lipinski definition) is 3. The van der Waals surface area contributed by atoms with Gasteiger partial charge in [0.2, 0.25) is 0 Å². The van der Waals surface area contributed by atoms with E-state index >= 15 is 0 Å². The van der Waals surface area contributed by atoms with Crippen molar-refractivity contribution in [2.24, 2.45) is 5.92 Å². The zero-order valence-corrected chi connectivity index (χ0v) is 11.3. The third kappa shape index (κ3) is 1.73. The fourth-order valence-corrected chi connectivity index (χ4v) is 3.02. The summed E-state index contributed by atoms with van der Waals surface area (Å²) >= 11 is 0. The Labute approximate surface area is 107 Å². The van der Waals surface area contributed by atoms with E-state index < -0.39 is 0 Å². The van der Waals surface area contributed by atoms with Crippen LogP contribution in [-0.4, -0.2) is 52.7 Å². The molecular formula is C13H20N4O. The number of carbonyl (C=O) groups is 1. The second-order valence-electron chi connectivity index (χ2n) is 5.73. The Morgan fingerprint density at radius 2 is 2.06 bits per heavy atom. The molecule has 1 atom stereocenters. The van der Waals surface area contributed by atoms with Crippen molar-refractivity contribution in [1.29, 1.82) is 0 Å². The van der Waals surface area contributed by atoms with Crippen LogP contribution in [0.4, 0.5) is 0 Å². The largest absolute Gasteiger partial charge is 0.340 e. The molecule has 5 nitrogen and oxygen atoms in total. The fourth-order valence-electron chi connectivity index (χ4n) is 3.02. The second kappa shape index (κ2) is 4.09. The summed E-state index contributed by atoms with van der Waals surface area (Å²) < 4.78 is 1.94. The number of nitrogens with zero attached hydrogens (tertiary/aromatic N) is 4. The Morgan fingerprint density at radius 3 is 2.83 bits per heavy atom. The van der Waals surface area contributed by atoms with E-state index in [2.05, 4.69) is 24.0 Å². The number of fused-ring (bicyclic) bond motifs is 3. The van der Waals surface area contributed by atoms with E-state index in [0.29, 0.717) is 5.92 Å². The van der Waals surface area contributed by atoms with Crippen LogP contribution in [0.15, 0.2) is 0 Å². The summed E-state index contributed by atoms with van der Waals surface area (Å²) in [6, 6.07) is 0. The Kier molecular flexibility index (Phi) is 2.66. The number of hydrogen-bond donors (Lipinski definition) is 0. The van der Waals surface area contributed by atoms with E-state index in [0.717, 1.165) is 49.6 Å². The molecule has 0 spiro atoms. The number of aromatic nitrogens is 2. The first-order chi connectivity index (χ1) is 8.56. The maximum Gasteiger partial charge on any atom is 0.272 e. The van der Waals surface area contributed by atoms with E-state index in [9.17, 15) is 4.79 Å². The number of amides is 1. The molecule has 1 aromatic heterocycles. The summed E-state index contributed by atoms with van der Waals surface area (Å²) in [4.78, 5) is 16.6. The first kappa shape index (κ1) is 11.7. The van der Waals surface area contributed by atoms with Crippen LogP contribution >= 0.6 is 0 Å². The lowest BCUT2D eigenvalue weighted by molar-refractivity contribution is 0.0782. The molecule has 98 valence electrons. The highest BCUT2D eigenvalue weighted by Gasteiger charge is 2.31. The zero-order valence-electron chi connectivity index (χ0n) is 11.3. The molecule has 2 aliphatic rings. The number of rotatable bonds is 0. The minimum Gasteiger partial charge on any atom is -0.340 e. The molecule has 0 bridgehead atoms. The van der Waals surface area contributed by atoms with Crippen LogP contribution in [0, 0.1) is 5.92 Å². The van der Waals surface area contributed by atoms with Gasteiger partial charge < -0.3 is 9.80 Å². The van der Waals surface area contributed by atoms with E-state index in [-0.39, 0.29) is 5.91 Å². The van der Waals surface area contributed by atoms with Gasteiger partial charge in [-0.05, 0) is 13.0 Å². The van der Waals surface area contributed by atoms with Crippen molar-refractivity contribution in [3.8, 4) is 0 Å². The Bertz CT molecular complexity index is 493. The van der Waals surface area contributed by atoms with Gasteiger partial charge >= 0.3 is 0 Å². The lowest BCUT2D eigenvalue weighted by atomic mass is 10.1. The van der Waals surface area contributed by atoms with Gasteiger partial charge in [0.1, 0.15) is 5.69 Å². The predicted molar refractivity (Wildman–Crippen MR) is 68.4 cm³/mol. The van der Waals surface area contributed by atoms with Gasteiger partial charge in [-0.1, -0.05) is 6.92 Å². The van der Waals surface area contributed by atoms with Crippen molar-refractivity contribution in [1.82, 2.24) is 19.6 Å². The van der Waals surface area contributed by atoms with Crippen molar-refractivity contribution in [2.75, 3.05) is 27.2 Å². The smallest absolute Gasteiger partial charge is 0.272 e. The van der Waals surface area contributed by atoms with Crippen molar-refractivity contribution in [3.05, 3.63) is 17.0 Å². The van der Waals surface area contributed by atoms with Crippen LogP contribution in [0.25, 0.3) is 0 Å². The van der Waals surface area contributed by atoms with Crippen molar-refractivity contribution >= 4 is 5.91 Å². The molecule has 1 aromatic rings. The highest BCUT2D eigenvalue weighted by molar-refractivity contribution is 5.94. The molecule has 5 heteroatoms. The highest BCUT2D eigenvalue weighted by atomic mass is 16.2. The first-order valence-electron chi connectivity index (χ1n) is 6.59. The zero-order chi connectivity index (χ0) is 12.9. The van der Waals surface area contributed by atoms with Crippen LogP contribution < -0.4 is 0 Å². The minimum atomic E-state index is 0.128. The SMILES string of the molecule is CC1CN(C)C(=O)c2c3c(nn2C1)CCN(C)C3. The van der Waals surface area contributed by atoms with Crippen molar-refractivity contribution in [3.63, 3.8) is 0 Å². The molecule has 0 aliphatic carbocycles. The predicted octanol–water partition coefficient (Wildman–Crippen LogP) is 0.593. The summed E-state index contributed by atoms with van der Waals surface area (Å²) in [7, 11) is 3.99. The van der Waals surface area contributed by atoms with Gasteiger partial charge in [-0.2, -0.15) is 5.10 Å². The second-order valence-corrected chi connectivity index (χ2v) is 5.73. The molecule has 1 amide bonds.